The second-order valence-electron chi connectivity index (χ2n) is 2.52. The Morgan fingerprint density at radius 2 is 2.33 bits per heavy atom. The molecule has 4 nitrogen and oxygen atoms in total. The van der Waals surface area contributed by atoms with Gasteiger partial charge in [-0.3, -0.25) is 4.79 Å². The van der Waals surface area contributed by atoms with Gasteiger partial charge in [0, 0.05) is 13.1 Å². The van der Waals surface area contributed by atoms with Crippen LogP contribution in [0.25, 0.3) is 5.52 Å². The summed E-state index contributed by atoms with van der Waals surface area (Å²) in [7, 11) is 0. The molecule has 0 spiro atoms. The van der Waals surface area contributed by atoms with E-state index in [9.17, 15) is 4.79 Å². The summed E-state index contributed by atoms with van der Waals surface area (Å²) in [4.78, 5) is 11.0. The molecule has 0 unspecified atom stereocenters. The molecule has 2 rings (SSSR count). The monoisotopic (exact) mass is 161 g/mol. The van der Waals surface area contributed by atoms with Crippen LogP contribution in [0.2, 0.25) is 0 Å². The van der Waals surface area contributed by atoms with Gasteiger partial charge in [-0.05, 0) is 12.1 Å². The fraction of sp³-hybridized carbons (Fsp3) is 0.125. The SMILES string of the molecule is CC(=O)c1nnn2ccccc12. The maximum absolute atomic E-state index is 11.0. The zero-order valence-electron chi connectivity index (χ0n) is 6.56. The zero-order chi connectivity index (χ0) is 8.55. The van der Waals surface area contributed by atoms with Crippen LogP contribution in [0.1, 0.15) is 17.4 Å². The van der Waals surface area contributed by atoms with Crippen LogP contribution >= 0.6 is 0 Å². The van der Waals surface area contributed by atoms with Gasteiger partial charge in [-0.15, -0.1) is 5.10 Å². The Balaban J connectivity index is 2.79. The highest BCUT2D eigenvalue weighted by atomic mass is 16.1. The second-order valence-corrected chi connectivity index (χ2v) is 2.52. The van der Waals surface area contributed by atoms with E-state index in [2.05, 4.69) is 10.3 Å². The number of fused-ring (bicyclic) bond motifs is 1. The highest BCUT2D eigenvalue weighted by Crippen LogP contribution is 2.06. The van der Waals surface area contributed by atoms with Gasteiger partial charge in [0.15, 0.2) is 11.5 Å². The van der Waals surface area contributed by atoms with E-state index in [1.54, 1.807) is 10.7 Å². The molecule has 0 atom stereocenters. The van der Waals surface area contributed by atoms with Crippen LogP contribution in [0.5, 0.6) is 0 Å². The minimum absolute atomic E-state index is 0.0591. The summed E-state index contributed by atoms with van der Waals surface area (Å²) in [5.74, 6) is -0.0591. The van der Waals surface area contributed by atoms with E-state index in [-0.39, 0.29) is 5.78 Å². The maximum atomic E-state index is 11.0. The molecule has 0 aromatic carbocycles. The van der Waals surface area contributed by atoms with E-state index in [1.165, 1.54) is 6.92 Å². The summed E-state index contributed by atoms with van der Waals surface area (Å²) in [6.07, 6.45) is 1.76. The van der Waals surface area contributed by atoms with Gasteiger partial charge in [0.05, 0.1) is 5.52 Å². The molecule has 0 saturated heterocycles. The number of nitrogens with zero attached hydrogens (tertiary/aromatic N) is 3. The predicted molar refractivity (Wildman–Crippen MR) is 43.0 cm³/mol. The molecule has 60 valence electrons. The van der Waals surface area contributed by atoms with E-state index in [0.717, 1.165) is 5.52 Å². The minimum atomic E-state index is -0.0591. The topological polar surface area (TPSA) is 47.3 Å². The minimum Gasteiger partial charge on any atom is -0.293 e. The van der Waals surface area contributed by atoms with Crippen molar-refractivity contribution in [3.05, 3.63) is 30.1 Å². The fourth-order valence-electron chi connectivity index (χ4n) is 1.09. The fourth-order valence-corrected chi connectivity index (χ4v) is 1.09. The van der Waals surface area contributed by atoms with Crippen LogP contribution in [-0.2, 0) is 0 Å². The molecule has 0 fully saturated rings. The first-order valence-corrected chi connectivity index (χ1v) is 3.60. The molecule has 0 aliphatic heterocycles. The van der Waals surface area contributed by atoms with Crippen molar-refractivity contribution >= 4 is 11.3 Å². The Morgan fingerprint density at radius 3 is 3.08 bits per heavy atom. The Labute approximate surface area is 68.8 Å². The number of ketones is 1. The van der Waals surface area contributed by atoms with E-state index in [4.69, 9.17) is 0 Å². The number of Topliss-reactive ketones (excluding diaryl/α,β-unsaturated/α-hetero) is 1. The molecule has 12 heavy (non-hydrogen) atoms. The smallest absolute Gasteiger partial charge is 0.182 e. The lowest BCUT2D eigenvalue weighted by Gasteiger charge is -1.89. The quantitative estimate of drug-likeness (QED) is 0.584. The molecule has 0 radical (unpaired) electrons. The van der Waals surface area contributed by atoms with Gasteiger partial charge in [-0.25, -0.2) is 4.52 Å². The number of rotatable bonds is 1. The number of carbonyl (C=O) groups is 1. The molecule has 2 heterocycles. The number of pyridine rings is 1. The number of carbonyl (C=O) groups excluding carboxylic acids is 1. The highest BCUT2D eigenvalue weighted by molar-refractivity contribution is 5.98. The molecule has 0 aliphatic rings. The Morgan fingerprint density at radius 1 is 1.50 bits per heavy atom. The third-order valence-electron chi connectivity index (χ3n) is 1.66. The summed E-state index contributed by atoms with van der Waals surface area (Å²) in [6, 6.07) is 5.51. The first-order chi connectivity index (χ1) is 5.79. The first-order valence-electron chi connectivity index (χ1n) is 3.60. The Bertz CT molecular complexity index is 433. The standard InChI is InChI=1S/C8H7N3O/c1-6(12)8-7-4-2-3-5-11(7)10-9-8/h2-5H,1H3. The van der Waals surface area contributed by atoms with Crippen LogP contribution in [0.4, 0.5) is 0 Å². The van der Waals surface area contributed by atoms with Crippen LogP contribution in [0.15, 0.2) is 24.4 Å². The van der Waals surface area contributed by atoms with Crippen LogP contribution in [0, 0.1) is 0 Å². The van der Waals surface area contributed by atoms with Crippen LogP contribution < -0.4 is 0 Å². The Kier molecular flexibility index (Phi) is 1.40. The summed E-state index contributed by atoms with van der Waals surface area (Å²) < 4.78 is 1.58. The lowest BCUT2D eigenvalue weighted by molar-refractivity contribution is 0.101. The van der Waals surface area contributed by atoms with Gasteiger partial charge < -0.3 is 0 Å². The number of hydrogen-bond acceptors (Lipinski definition) is 3. The van der Waals surface area contributed by atoms with Gasteiger partial charge in [0.25, 0.3) is 0 Å². The predicted octanol–water partition coefficient (Wildman–Crippen LogP) is 0.932. The summed E-state index contributed by atoms with van der Waals surface area (Å²) in [5.41, 5.74) is 1.18. The average molecular weight is 161 g/mol. The van der Waals surface area contributed by atoms with Gasteiger partial charge in [0.1, 0.15) is 0 Å². The molecule has 2 aromatic rings. The van der Waals surface area contributed by atoms with Gasteiger partial charge in [0.2, 0.25) is 0 Å². The summed E-state index contributed by atoms with van der Waals surface area (Å²) >= 11 is 0. The molecule has 4 heteroatoms. The molecule has 2 aromatic heterocycles. The van der Waals surface area contributed by atoms with Crippen molar-refractivity contribution in [1.29, 1.82) is 0 Å². The van der Waals surface area contributed by atoms with Crippen molar-refractivity contribution in [2.75, 3.05) is 0 Å². The molecular weight excluding hydrogens is 154 g/mol. The lowest BCUT2D eigenvalue weighted by atomic mass is 10.2. The molecule has 0 aliphatic carbocycles. The van der Waals surface area contributed by atoms with Crippen molar-refractivity contribution < 1.29 is 4.79 Å². The van der Waals surface area contributed by atoms with E-state index < -0.39 is 0 Å². The van der Waals surface area contributed by atoms with E-state index in [0.29, 0.717) is 5.69 Å². The second kappa shape index (κ2) is 2.41. The highest BCUT2D eigenvalue weighted by Gasteiger charge is 2.08. The van der Waals surface area contributed by atoms with Gasteiger partial charge in [-0.2, -0.15) is 0 Å². The van der Waals surface area contributed by atoms with Crippen molar-refractivity contribution in [2.24, 2.45) is 0 Å². The normalized spacial score (nSPS) is 10.4. The van der Waals surface area contributed by atoms with Crippen molar-refractivity contribution in [3.8, 4) is 0 Å². The van der Waals surface area contributed by atoms with Crippen molar-refractivity contribution in [1.82, 2.24) is 14.8 Å². The third-order valence-corrected chi connectivity index (χ3v) is 1.66. The van der Waals surface area contributed by atoms with Crippen molar-refractivity contribution in [2.45, 2.75) is 6.92 Å². The van der Waals surface area contributed by atoms with E-state index >= 15 is 0 Å². The van der Waals surface area contributed by atoms with Gasteiger partial charge in [-0.1, -0.05) is 11.3 Å². The molecule has 0 amide bonds. The summed E-state index contributed by atoms with van der Waals surface area (Å²) in [6.45, 7) is 1.48. The largest absolute Gasteiger partial charge is 0.293 e. The number of hydrogen-bond donors (Lipinski definition) is 0. The molecule has 0 N–H and O–H groups in total. The molecule has 0 bridgehead atoms. The van der Waals surface area contributed by atoms with Gasteiger partial charge >= 0.3 is 0 Å². The van der Waals surface area contributed by atoms with Crippen molar-refractivity contribution in [3.63, 3.8) is 0 Å². The molecule has 0 saturated carbocycles. The lowest BCUT2D eigenvalue weighted by Crippen LogP contribution is -1.92. The van der Waals surface area contributed by atoms with Crippen LogP contribution in [-0.4, -0.2) is 20.6 Å². The van der Waals surface area contributed by atoms with E-state index in [1.807, 2.05) is 18.2 Å². The number of aromatic nitrogens is 3. The average Bonchev–Trinajstić information content (AvgIpc) is 2.47. The Hall–Kier alpha value is -1.71. The first kappa shape index (κ1) is 6.97. The molecular formula is C8H7N3O. The van der Waals surface area contributed by atoms with Crippen LogP contribution in [0.3, 0.4) is 0 Å². The third kappa shape index (κ3) is 0.887. The zero-order valence-corrected chi connectivity index (χ0v) is 6.56. The maximum Gasteiger partial charge on any atom is 0.182 e. The summed E-state index contributed by atoms with van der Waals surface area (Å²) in [5, 5.41) is 7.54.